The Morgan fingerprint density at radius 3 is 2.42 bits per heavy atom. The van der Waals surface area contributed by atoms with E-state index >= 15 is 0 Å². The predicted molar refractivity (Wildman–Crippen MR) is 93.4 cm³/mol. The van der Waals surface area contributed by atoms with Crippen molar-refractivity contribution in [1.82, 2.24) is 9.62 Å². The van der Waals surface area contributed by atoms with Gasteiger partial charge in [0.05, 0.1) is 5.75 Å². The fraction of sp³-hybridized carbons (Fsp3) is 0.588. The van der Waals surface area contributed by atoms with Crippen molar-refractivity contribution in [3.05, 3.63) is 35.9 Å². The van der Waals surface area contributed by atoms with E-state index in [1.165, 1.54) is 4.31 Å². The highest BCUT2D eigenvalue weighted by atomic mass is 32.2. The third kappa shape index (κ3) is 4.55. The van der Waals surface area contributed by atoms with Gasteiger partial charge in [-0.3, -0.25) is 4.79 Å². The number of piperidine rings is 1. The van der Waals surface area contributed by atoms with Gasteiger partial charge in [0, 0.05) is 37.9 Å². The minimum Gasteiger partial charge on any atom is -0.385 e. The minimum atomic E-state index is -3.18. The zero-order valence-corrected chi connectivity index (χ0v) is 15.1. The van der Waals surface area contributed by atoms with Gasteiger partial charge in [0.2, 0.25) is 10.0 Å². The summed E-state index contributed by atoms with van der Waals surface area (Å²) in [5.74, 6) is -0.0208. The Morgan fingerprint density at radius 1 is 1.25 bits per heavy atom. The molecule has 1 aromatic rings. The average molecular weight is 354 g/mol. The molecule has 1 aliphatic heterocycles. The molecule has 0 aliphatic carbocycles. The van der Waals surface area contributed by atoms with Gasteiger partial charge < -0.3 is 10.1 Å². The Kier molecular flexibility index (Phi) is 6.37. The van der Waals surface area contributed by atoms with Crippen molar-refractivity contribution >= 4 is 15.9 Å². The molecule has 0 aromatic heterocycles. The van der Waals surface area contributed by atoms with Crippen LogP contribution in [-0.4, -0.2) is 56.7 Å². The highest BCUT2D eigenvalue weighted by molar-refractivity contribution is 7.89. The molecule has 0 unspecified atom stereocenters. The molecule has 1 fully saturated rings. The van der Waals surface area contributed by atoms with Crippen molar-refractivity contribution in [2.75, 3.05) is 32.6 Å². The van der Waals surface area contributed by atoms with E-state index in [0.717, 1.165) is 0 Å². The van der Waals surface area contributed by atoms with E-state index in [4.69, 9.17) is 4.74 Å². The first-order valence-electron chi connectivity index (χ1n) is 8.27. The standard InChI is InChI=1S/C17H26N2O4S/c1-3-24(21,22)19-12-9-17(10-13-19,11-14-23-2)18-16(20)15-7-5-4-6-8-15/h4-8H,3,9-14H2,1-2H3,(H,18,20). The number of nitrogens with zero attached hydrogens (tertiary/aromatic N) is 1. The number of benzene rings is 1. The maximum Gasteiger partial charge on any atom is 0.251 e. The van der Waals surface area contributed by atoms with Crippen LogP contribution in [0.2, 0.25) is 0 Å². The topological polar surface area (TPSA) is 75.7 Å². The molecule has 1 saturated heterocycles. The fourth-order valence-electron chi connectivity index (χ4n) is 3.01. The molecule has 7 heteroatoms. The van der Waals surface area contributed by atoms with Crippen molar-refractivity contribution in [1.29, 1.82) is 0 Å². The summed E-state index contributed by atoms with van der Waals surface area (Å²) in [6.07, 6.45) is 1.85. The molecule has 1 aromatic carbocycles. The lowest BCUT2D eigenvalue weighted by Crippen LogP contribution is -2.56. The molecule has 0 saturated carbocycles. The van der Waals surface area contributed by atoms with Crippen LogP contribution in [0.15, 0.2) is 30.3 Å². The van der Waals surface area contributed by atoms with Gasteiger partial charge in [0.25, 0.3) is 5.91 Å². The molecular formula is C17H26N2O4S. The fourth-order valence-corrected chi connectivity index (χ4v) is 4.12. The number of rotatable bonds is 7. The van der Waals surface area contributed by atoms with Crippen molar-refractivity contribution in [2.24, 2.45) is 0 Å². The lowest BCUT2D eigenvalue weighted by molar-refractivity contribution is 0.0783. The van der Waals surface area contributed by atoms with Gasteiger partial charge in [-0.25, -0.2) is 12.7 Å². The molecule has 0 bridgehead atoms. The van der Waals surface area contributed by atoms with Gasteiger partial charge in [-0.2, -0.15) is 0 Å². The molecule has 0 radical (unpaired) electrons. The smallest absolute Gasteiger partial charge is 0.251 e. The van der Waals surface area contributed by atoms with Crippen LogP contribution >= 0.6 is 0 Å². The third-order valence-electron chi connectivity index (χ3n) is 4.64. The van der Waals surface area contributed by atoms with Crippen molar-refractivity contribution < 1.29 is 17.9 Å². The summed E-state index contributed by atoms with van der Waals surface area (Å²) in [6, 6.07) is 9.07. The van der Waals surface area contributed by atoms with Gasteiger partial charge in [-0.05, 0) is 38.3 Å². The van der Waals surface area contributed by atoms with Crippen LogP contribution in [0.4, 0.5) is 0 Å². The Hall–Kier alpha value is -1.44. The van der Waals surface area contributed by atoms with Crippen molar-refractivity contribution in [2.45, 2.75) is 31.7 Å². The average Bonchev–Trinajstić information content (AvgIpc) is 2.61. The summed E-state index contributed by atoms with van der Waals surface area (Å²) in [4.78, 5) is 12.5. The number of methoxy groups -OCH3 is 1. The molecule has 2 rings (SSSR count). The number of carbonyl (C=O) groups excluding carboxylic acids is 1. The number of ether oxygens (including phenoxy) is 1. The molecular weight excluding hydrogens is 328 g/mol. The summed E-state index contributed by atoms with van der Waals surface area (Å²) < 4.78 is 30.8. The van der Waals surface area contributed by atoms with Crippen LogP contribution in [0.25, 0.3) is 0 Å². The number of amides is 1. The predicted octanol–water partition coefficient (Wildman–Crippen LogP) is 1.64. The zero-order valence-electron chi connectivity index (χ0n) is 14.3. The second kappa shape index (κ2) is 8.09. The zero-order chi connectivity index (χ0) is 17.6. The van der Waals surface area contributed by atoms with E-state index in [0.29, 0.717) is 44.5 Å². The van der Waals surface area contributed by atoms with Gasteiger partial charge in [0.1, 0.15) is 0 Å². The quantitative estimate of drug-likeness (QED) is 0.808. The highest BCUT2D eigenvalue weighted by Gasteiger charge is 2.38. The largest absolute Gasteiger partial charge is 0.385 e. The molecule has 1 N–H and O–H groups in total. The molecule has 6 nitrogen and oxygen atoms in total. The molecule has 1 aliphatic rings. The number of sulfonamides is 1. The first kappa shape index (κ1) is 18.9. The van der Waals surface area contributed by atoms with E-state index in [9.17, 15) is 13.2 Å². The summed E-state index contributed by atoms with van der Waals surface area (Å²) >= 11 is 0. The molecule has 1 heterocycles. The van der Waals surface area contributed by atoms with E-state index in [2.05, 4.69) is 5.32 Å². The number of hydrogen-bond donors (Lipinski definition) is 1. The maximum absolute atomic E-state index is 12.5. The van der Waals surface area contributed by atoms with Crippen LogP contribution < -0.4 is 5.32 Å². The first-order chi connectivity index (χ1) is 11.4. The molecule has 24 heavy (non-hydrogen) atoms. The van der Waals surface area contributed by atoms with Gasteiger partial charge in [0.15, 0.2) is 0 Å². The summed E-state index contributed by atoms with van der Waals surface area (Å²) in [7, 11) is -1.55. The van der Waals surface area contributed by atoms with Crippen LogP contribution in [0.5, 0.6) is 0 Å². The minimum absolute atomic E-state index is 0.106. The SMILES string of the molecule is CCS(=O)(=O)N1CCC(CCOC)(NC(=O)c2ccccc2)CC1. The van der Waals surface area contributed by atoms with Gasteiger partial charge >= 0.3 is 0 Å². The van der Waals surface area contributed by atoms with E-state index in [-0.39, 0.29) is 11.7 Å². The lowest BCUT2D eigenvalue weighted by atomic mass is 9.85. The van der Waals surface area contributed by atoms with Crippen molar-refractivity contribution in [3.8, 4) is 0 Å². The van der Waals surface area contributed by atoms with Gasteiger partial charge in [-0.15, -0.1) is 0 Å². The van der Waals surface area contributed by atoms with E-state index in [1.807, 2.05) is 18.2 Å². The Labute approximate surface area is 144 Å². The molecule has 0 atom stereocenters. The second-order valence-electron chi connectivity index (χ2n) is 6.14. The lowest BCUT2D eigenvalue weighted by Gasteiger charge is -2.42. The van der Waals surface area contributed by atoms with Crippen LogP contribution in [0.3, 0.4) is 0 Å². The summed E-state index contributed by atoms with van der Waals surface area (Å²) in [5, 5.41) is 3.13. The van der Waals surface area contributed by atoms with Crippen LogP contribution in [-0.2, 0) is 14.8 Å². The Bertz CT molecular complexity index is 638. The third-order valence-corrected chi connectivity index (χ3v) is 6.52. The van der Waals surface area contributed by atoms with Crippen molar-refractivity contribution in [3.63, 3.8) is 0 Å². The number of hydrogen-bond acceptors (Lipinski definition) is 4. The second-order valence-corrected chi connectivity index (χ2v) is 8.40. The van der Waals surface area contributed by atoms with Crippen LogP contribution in [0.1, 0.15) is 36.5 Å². The normalized spacial score (nSPS) is 18.2. The maximum atomic E-state index is 12.5. The Morgan fingerprint density at radius 2 is 1.88 bits per heavy atom. The monoisotopic (exact) mass is 354 g/mol. The van der Waals surface area contributed by atoms with Gasteiger partial charge in [-0.1, -0.05) is 18.2 Å². The first-order valence-corrected chi connectivity index (χ1v) is 9.88. The molecule has 1 amide bonds. The highest BCUT2D eigenvalue weighted by Crippen LogP contribution is 2.28. The summed E-state index contributed by atoms with van der Waals surface area (Å²) in [5.41, 5.74) is 0.181. The molecule has 0 spiro atoms. The van der Waals surface area contributed by atoms with E-state index < -0.39 is 15.6 Å². The Balaban J connectivity index is 2.10. The summed E-state index contributed by atoms with van der Waals surface area (Å²) in [6.45, 7) is 3.03. The van der Waals surface area contributed by atoms with Crippen LogP contribution in [0, 0.1) is 0 Å². The number of carbonyl (C=O) groups is 1. The number of nitrogens with one attached hydrogen (secondary N) is 1. The van der Waals surface area contributed by atoms with E-state index in [1.54, 1.807) is 26.2 Å². The molecule has 134 valence electrons.